The number of halogens is 1. The third-order valence-electron chi connectivity index (χ3n) is 6.21. The molecule has 1 aliphatic rings. The maximum atomic E-state index is 12.8. The topological polar surface area (TPSA) is 83.1 Å². The van der Waals surface area contributed by atoms with Gasteiger partial charge in [-0.2, -0.15) is 0 Å². The predicted molar refractivity (Wildman–Crippen MR) is 137 cm³/mol. The molecule has 1 aliphatic carbocycles. The van der Waals surface area contributed by atoms with Crippen LogP contribution in [0.2, 0.25) is 0 Å². The molecule has 0 saturated heterocycles. The van der Waals surface area contributed by atoms with Crippen LogP contribution < -0.4 is 24.3 Å². The summed E-state index contributed by atoms with van der Waals surface area (Å²) >= 11 is 5.84. The van der Waals surface area contributed by atoms with Gasteiger partial charge in [0.05, 0.1) is 32.9 Å². The number of nitrogens with one attached hydrogen (secondary N) is 1. The van der Waals surface area contributed by atoms with E-state index in [0.29, 0.717) is 47.3 Å². The number of amides is 1. The van der Waals surface area contributed by atoms with Gasteiger partial charge in [0.2, 0.25) is 11.7 Å². The molecule has 3 aromatic carbocycles. The van der Waals surface area contributed by atoms with E-state index in [0.717, 1.165) is 27.8 Å². The highest BCUT2D eigenvalue weighted by molar-refractivity contribution is 6.17. The highest BCUT2D eigenvalue weighted by Gasteiger charge is 2.29. The SMILES string of the molecule is COc1cc2c(c(OC)c1OC)-c1ccc(OC(=O)c3ccc(CCl)cc3)cc1[C@@H](NC(C)=O)CC2. The van der Waals surface area contributed by atoms with Crippen LogP contribution in [0.3, 0.4) is 0 Å². The lowest BCUT2D eigenvalue weighted by molar-refractivity contribution is -0.119. The summed E-state index contributed by atoms with van der Waals surface area (Å²) in [7, 11) is 4.73. The van der Waals surface area contributed by atoms with Crippen molar-refractivity contribution in [3.8, 4) is 34.1 Å². The quantitative estimate of drug-likeness (QED) is 0.259. The van der Waals surface area contributed by atoms with E-state index < -0.39 is 5.97 Å². The number of ether oxygens (including phenoxy) is 4. The molecule has 0 aromatic heterocycles. The molecular formula is C28H28ClNO6. The summed E-state index contributed by atoms with van der Waals surface area (Å²) < 4.78 is 22.7. The normalized spacial score (nSPS) is 14.1. The first-order valence-electron chi connectivity index (χ1n) is 11.5. The second-order valence-electron chi connectivity index (χ2n) is 8.44. The van der Waals surface area contributed by atoms with E-state index in [-0.39, 0.29) is 11.9 Å². The van der Waals surface area contributed by atoms with Gasteiger partial charge in [-0.05, 0) is 65.4 Å². The van der Waals surface area contributed by atoms with E-state index in [2.05, 4.69) is 5.32 Å². The molecule has 0 unspecified atom stereocenters. The summed E-state index contributed by atoms with van der Waals surface area (Å²) in [6.45, 7) is 1.48. The highest BCUT2D eigenvalue weighted by atomic mass is 35.5. The molecule has 4 rings (SSSR count). The monoisotopic (exact) mass is 509 g/mol. The molecule has 1 atom stereocenters. The van der Waals surface area contributed by atoms with Crippen LogP contribution in [0.15, 0.2) is 48.5 Å². The van der Waals surface area contributed by atoms with Gasteiger partial charge < -0.3 is 24.3 Å². The number of hydrogen-bond acceptors (Lipinski definition) is 6. The zero-order valence-corrected chi connectivity index (χ0v) is 21.4. The van der Waals surface area contributed by atoms with Crippen molar-refractivity contribution in [1.82, 2.24) is 5.32 Å². The van der Waals surface area contributed by atoms with E-state index >= 15 is 0 Å². The van der Waals surface area contributed by atoms with Crippen molar-refractivity contribution < 1.29 is 28.5 Å². The van der Waals surface area contributed by atoms with Crippen LogP contribution in [-0.4, -0.2) is 33.2 Å². The van der Waals surface area contributed by atoms with Gasteiger partial charge in [0.25, 0.3) is 0 Å². The lowest BCUT2D eigenvalue weighted by atomic mass is 9.93. The number of hydrogen-bond donors (Lipinski definition) is 1. The zero-order chi connectivity index (χ0) is 25.8. The molecule has 188 valence electrons. The summed E-state index contributed by atoms with van der Waals surface area (Å²) in [5, 5.41) is 3.04. The average molecular weight is 510 g/mol. The lowest BCUT2D eigenvalue weighted by Crippen LogP contribution is -2.26. The number of carbonyl (C=O) groups excluding carboxylic acids is 2. The van der Waals surface area contributed by atoms with Crippen molar-refractivity contribution in [2.75, 3.05) is 21.3 Å². The molecule has 8 heteroatoms. The molecule has 0 fully saturated rings. The van der Waals surface area contributed by atoms with Crippen molar-refractivity contribution in [1.29, 1.82) is 0 Å². The number of esters is 1. The minimum atomic E-state index is -0.481. The average Bonchev–Trinajstić information content (AvgIpc) is 3.03. The summed E-state index contributed by atoms with van der Waals surface area (Å²) in [6.07, 6.45) is 1.29. The fourth-order valence-electron chi connectivity index (χ4n) is 4.57. The Balaban J connectivity index is 1.80. The van der Waals surface area contributed by atoms with Crippen molar-refractivity contribution in [2.45, 2.75) is 31.7 Å². The van der Waals surface area contributed by atoms with Crippen LogP contribution >= 0.6 is 11.6 Å². The van der Waals surface area contributed by atoms with Gasteiger partial charge in [-0.3, -0.25) is 4.79 Å². The summed E-state index contributed by atoms with van der Waals surface area (Å²) in [6, 6.07) is 14.0. The molecule has 0 heterocycles. The number of fused-ring (bicyclic) bond motifs is 3. The molecule has 0 aliphatic heterocycles. The summed E-state index contributed by atoms with van der Waals surface area (Å²) in [4.78, 5) is 24.8. The third kappa shape index (κ3) is 4.97. The first-order valence-corrected chi connectivity index (χ1v) is 12.0. The van der Waals surface area contributed by atoms with Crippen molar-refractivity contribution in [3.63, 3.8) is 0 Å². The van der Waals surface area contributed by atoms with Crippen LogP contribution in [0.4, 0.5) is 0 Å². The molecule has 7 nitrogen and oxygen atoms in total. The van der Waals surface area contributed by atoms with Crippen LogP contribution in [0.1, 0.15) is 46.4 Å². The molecular weight excluding hydrogens is 482 g/mol. The van der Waals surface area contributed by atoms with Crippen molar-refractivity contribution in [2.24, 2.45) is 0 Å². The maximum Gasteiger partial charge on any atom is 0.343 e. The largest absolute Gasteiger partial charge is 0.493 e. The van der Waals surface area contributed by atoms with E-state index in [9.17, 15) is 9.59 Å². The number of aryl methyl sites for hydroxylation is 1. The van der Waals surface area contributed by atoms with Crippen LogP contribution in [0.5, 0.6) is 23.0 Å². The summed E-state index contributed by atoms with van der Waals surface area (Å²) in [5.41, 5.74) is 4.86. The second-order valence-corrected chi connectivity index (χ2v) is 8.71. The highest BCUT2D eigenvalue weighted by Crippen LogP contribution is 2.50. The number of methoxy groups -OCH3 is 3. The first kappa shape index (κ1) is 25.4. The van der Waals surface area contributed by atoms with Gasteiger partial charge in [-0.1, -0.05) is 18.2 Å². The minimum Gasteiger partial charge on any atom is -0.493 e. The molecule has 3 aromatic rings. The standard InChI is InChI=1S/C28H28ClNO6/c1-16(31)30-23-12-9-19-13-24(33-2)26(34-3)27(35-4)25(19)21-11-10-20(14-22(21)23)36-28(32)18-7-5-17(15-29)6-8-18/h5-8,10-11,13-14,23H,9,12,15H2,1-4H3,(H,30,31)/t23-/m0/s1. The van der Waals surface area contributed by atoms with E-state index in [1.54, 1.807) is 57.7 Å². The van der Waals surface area contributed by atoms with E-state index in [4.69, 9.17) is 30.5 Å². The Morgan fingerprint density at radius 1 is 0.972 bits per heavy atom. The van der Waals surface area contributed by atoms with Crippen molar-refractivity contribution in [3.05, 3.63) is 70.8 Å². The molecule has 0 saturated carbocycles. The fraction of sp³-hybridized carbons (Fsp3) is 0.286. The van der Waals surface area contributed by atoms with Gasteiger partial charge in [0, 0.05) is 18.4 Å². The number of benzene rings is 3. The molecule has 0 spiro atoms. The van der Waals surface area contributed by atoms with E-state index in [1.165, 1.54) is 6.92 Å². The minimum absolute atomic E-state index is 0.152. The molecule has 36 heavy (non-hydrogen) atoms. The van der Waals surface area contributed by atoms with Crippen LogP contribution in [0.25, 0.3) is 11.1 Å². The van der Waals surface area contributed by atoms with Crippen LogP contribution in [0, 0.1) is 0 Å². The Morgan fingerprint density at radius 3 is 2.31 bits per heavy atom. The number of rotatable bonds is 7. The molecule has 1 amide bonds. The summed E-state index contributed by atoms with van der Waals surface area (Å²) in [5.74, 6) is 1.70. The Bertz CT molecular complexity index is 1290. The van der Waals surface area contributed by atoms with Gasteiger partial charge in [-0.25, -0.2) is 4.79 Å². The molecule has 1 N–H and O–H groups in total. The Morgan fingerprint density at radius 2 is 1.69 bits per heavy atom. The molecule has 0 radical (unpaired) electrons. The lowest BCUT2D eigenvalue weighted by Gasteiger charge is -2.21. The molecule has 0 bridgehead atoms. The predicted octanol–water partition coefficient (Wildman–Crippen LogP) is 5.46. The van der Waals surface area contributed by atoms with Gasteiger partial charge in [-0.15, -0.1) is 11.6 Å². The Labute approximate surface area is 215 Å². The van der Waals surface area contributed by atoms with Crippen LogP contribution in [-0.2, 0) is 17.1 Å². The van der Waals surface area contributed by atoms with Crippen molar-refractivity contribution >= 4 is 23.5 Å². The number of alkyl halides is 1. The smallest absolute Gasteiger partial charge is 0.343 e. The third-order valence-corrected chi connectivity index (χ3v) is 6.52. The first-order chi connectivity index (χ1) is 17.4. The Hall–Kier alpha value is -3.71. The van der Waals surface area contributed by atoms with Gasteiger partial charge in [0.1, 0.15) is 5.75 Å². The fourth-order valence-corrected chi connectivity index (χ4v) is 4.74. The maximum absolute atomic E-state index is 12.8. The van der Waals surface area contributed by atoms with E-state index in [1.807, 2.05) is 12.1 Å². The number of carbonyl (C=O) groups is 2. The zero-order valence-electron chi connectivity index (χ0n) is 20.6. The Kier molecular flexibility index (Phi) is 7.70. The second kappa shape index (κ2) is 10.9. The van der Waals surface area contributed by atoms with Gasteiger partial charge in [0.15, 0.2) is 11.5 Å². The van der Waals surface area contributed by atoms with Gasteiger partial charge >= 0.3 is 5.97 Å².